The summed E-state index contributed by atoms with van der Waals surface area (Å²) in [5.74, 6) is -1.46. The van der Waals surface area contributed by atoms with Gasteiger partial charge in [0.25, 0.3) is 0 Å². The van der Waals surface area contributed by atoms with E-state index in [2.05, 4.69) is 4.98 Å². The summed E-state index contributed by atoms with van der Waals surface area (Å²) in [7, 11) is 0. The van der Waals surface area contributed by atoms with E-state index in [1.165, 1.54) is 0 Å². The molecule has 0 aromatic carbocycles. The largest absolute Gasteiger partial charge is 0.543 e. The minimum Gasteiger partial charge on any atom is -0.543 e. The molecule has 2 rings (SSSR count). The molecule has 0 unspecified atom stereocenters. The van der Waals surface area contributed by atoms with E-state index in [0.29, 0.717) is 5.69 Å². The van der Waals surface area contributed by atoms with Crippen molar-refractivity contribution < 1.29 is 9.90 Å². The van der Waals surface area contributed by atoms with Gasteiger partial charge in [-0.3, -0.25) is 0 Å². The van der Waals surface area contributed by atoms with Crippen LogP contribution in [0.2, 0.25) is 15.2 Å². The zero-order chi connectivity index (χ0) is 14.0. The van der Waals surface area contributed by atoms with Gasteiger partial charge in [0.1, 0.15) is 10.7 Å². The Morgan fingerprint density at radius 1 is 1.05 bits per heavy atom. The highest BCUT2D eigenvalue weighted by Gasteiger charge is 2.22. The van der Waals surface area contributed by atoms with Gasteiger partial charge < -0.3 is 14.8 Å². The first-order valence-corrected chi connectivity index (χ1v) is 7.16. The SMILES string of the molecule is O=C([O-])c1nc(Cl)c(Cl)c(N2CCCCCC2)c1Cl. The minimum atomic E-state index is -1.46. The van der Waals surface area contributed by atoms with Crippen LogP contribution in [-0.2, 0) is 0 Å². The fourth-order valence-corrected chi connectivity index (χ4v) is 3.02. The average Bonchev–Trinajstić information content (AvgIpc) is 2.63. The third kappa shape index (κ3) is 3.07. The van der Waals surface area contributed by atoms with Gasteiger partial charge in [-0.05, 0) is 12.8 Å². The van der Waals surface area contributed by atoms with Gasteiger partial charge in [-0.15, -0.1) is 0 Å². The van der Waals surface area contributed by atoms with Crippen molar-refractivity contribution in [1.82, 2.24) is 4.98 Å². The second-order valence-electron chi connectivity index (χ2n) is 4.42. The normalized spacial score (nSPS) is 16.3. The van der Waals surface area contributed by atoms with Gasteiger partial charge in [0.05, 0.1) is 16.7 Å². The first kappa shape index (κ1) is 14.7. The van der Waals surface area contributed by atoms with Gasteiger partial charge >= 0.3 is 0 Å². The zero-order valence-corrected chi connectivity index (χ0v) is 12.4. The van der Waals surface area contributed by atoms with Gasteiger partial charge in [-0.1, -0.05) is 47.6 Å². The van der Waals surface area contributed by atoms with E-state index in [9.17, 15) is 9.90 Å². The van der Waals surface area contributed by atoms with Crippen molar-refractivity contribution >= 4 is 46.5 Å². The molecule has 0 amide bonds. The van der Waals surface area contributed by atoms with Crippen molar-refractivity contribution in [2.75, 3.05) is 18.0 Å². The van der Waals surface area contributed by atoms with Crippen molar-refractivity contribution in [3.63, 3.8) is 0 Å². The van der Waals surface area contributed by atoms with Crippen molar-refractivity contribution in [1.29, 1.82) is 0 Å². The maximum atomic E-state index is 11.0. The van der Waals surface area contributed by atoms with E-state index >= 15 is 0 Å². The van der Waals surface area contributed by atoms with Crippen LogP contribution in [0.25, 0.3) is 0 Å². The maximum absolute atomic E-state index is 11.0. The molecule has 0 aliphatic carbocycles. The molecule has 104 valence electrons. The van der Waals surface area contributed by atoms with Gasteiger partial charge in [0, 0.05) is 13.1 Å². The van der Waals surface area contributed by atoms with Crippen LogP contribution in [0.4, 0.5) is 5.69 Å². The lowest BCUT2D eigenvalue weighted by Crippen LogP contribution is -2.28. The molecule has 0 radical (unpaired) electrons. The Bertz CT molecular complexity index is 500. The molecule has 0 N–H and O–H groups in total. The summed E-state index contributed by atoms with van der Waals surface area (Å²) in [5, 5.41) is 11.1. The third-order valence-electron chi connectivity index (χ3n) is 3.13. The number of carbonyl (C=O) groups excluding carboxylic acids is 1. The molecule has 0 saturated carbocycles. The van der Waals surface area contributed by atoms with E-state index in [-0.39, 0.29) is 20.9 Å². The molecular formula is C12H12Cl3N2O2-. The molecule has 1 aliphatic rings. The molecule has 0 atom stereocenters. The summed E-state index contributed by atoms with van der Waals surface area (Å²) in [4.78, 5) is 16.6. The van der Waals surface area contributed by atoms with Gasteiger partial charge in [-0.2, -0.15) is 0 Å². The summed E-state index contributed by atoms with van der Waals surface area (Å²) in [6, 6.07) is 0. The Hall–Kier alpha value is -0.710. The molecule has 0 spiro atoms. The third-order valence-corrected chi connectivity index (χ3v) is 4.22. The van der Waals surface area contributed by atoms with Crippen LogP contribution in [-0.4, -0.2) is 24.0 Å². The fourth-order valence-electron chi connectivity index (χ4n) is 2.21. The van der Waals surface area contributed by atoms with Crippen molar-refractivity contribution in [3.8, 4) is 0 Å². The Morgan fingerprint density at radius 2 is 1.63 bits per heavy atom. The summed E-state index contributed by atoms with van der Waals surface area (Å²) >= 11 is 18.1. The number of rotatable bonds is 2. The van der Waals surface area contributed by atoms with Gasteiger partial charge in [0.15, 0.2) is 5.15 Å². The van der Waals surface area contributed by atoms with Gasteiger partial charge in [0.2, 0.25) is 0 Å². The molecule has 1 aromatic heterocycles. The Balaban J connectivity index is 2.50. The van der Waals surface area contributed by atoms with Crippen LogP contribution in [0.15, 0.2) is 0 Å². The van der Waals surface area contributed by atoms with Crippen LogP contribution in [0, 0.1) is 0 Å². The van der Waals surface area contributed by atoms with Gasteiger partial charge in [-0.25, -0.2) is 4.98 Å². The van der Waals surface area contributed by atoms with E-state index in [0.717, 1.165) is 38.8 Å². The predicted molar refractivity (Wildman–Crippen MR) is 74.3 cm³/mol. The number of halogens is 3. The molecule has 7 heteroatoms. The average molecular weight is 323 g/mol. The number of hydrogen-bond donors (Lipinski definition) is 0. The molecule has 2 heterocycles. The Morgan fingerprint density at radius 3 is 2.16 bits per heavy atom. The number of nitrogens with zero attached hydrogens (tertiary/aromatic N) is 2. The van der Waals surface area contributed by atoms with Crippen LogP contribution < -0.4 is 10.0 Å². The van der Waals surface area contributed by atoms with Crippen LogP contribution in [0.3, 0.4) is 0 Å². The highest BCUT2D eigenvalue weighted by molar-refractivity contribution is 6.46. The van der Waals surface area contributed by atoms with E-state index < -0.39 is 5.97 Å². The quantitative estimate of drug-likeness (QED) is 0.786. The number of carboxylic acids is 1. The number of aromatic nitrogens is 1. The van der Waals surface area contributed by atoms with Crippen molar-refractivity contribution in [3.05, 3.63) is 20.9 Å². The van der Waals surface area contributed by atoms with Crippen molar-refractivity contribution in [2.24, 2.45) is 0 Å². The number of aromatic carboxylic acids is 1. The Kier molecular flexibility index (Phi) is 4.76. The highest BCUT2D eigenvalue weighted by Crippen LogP contribution is 2.40. The van der Waals surface area contributed by atoms with Crippen molar-refractivity contribution in [2.45, 2.75) is 25.7 Å². The lowest BCUT2D eigenvalue weighted by Gasteiger charge is -2.26. The summed E-state index contributed by atoms with van der Waals surface area (Å²) in [6.45, 7) is 1.54. The molecule has 1 saturated heterocycles. The first-order chi connectivity index (χ1) is 9.02. The zero-order valence-electron chi connectivity index (χ0n) is 10.1. The summed E-state index contributed by atoms with van der Waals surface area (Å²) in [6.07, 6.45) is 4.29. The topological polar surface area (TPSA) is 56.3 Å². The number of pyridine rings is 1. The standard InChI is InChI=1S/C12H13Cl3N2O2/c13-7-9(12(18)19)16-11(15)8(14)10(7)17-5-3-1-2-4-6-17/h1-6H2,(H,18,19)/p-1. The molecular weight excluding hydrogens is 311 g/mol. The highest BCUT2D eigenvalue weighted by atomic mass is 35.5. The molecule has 0 bridgehead atoms. The second-order valence-corrected chi connectivity index (χ2v) is 5.53. The number of anilines is 1. The molecule has 1 aromatic rings. The molecule has 19 heavy (non-hydrogen) atoms. The van der Waals surface area contributed by atoms with Crippen LogP contribution >= 0.6 is 34.8 Å². The van der Waals surface area contributed by atoms with E-state index in [1.54, 1.807) is 0 Å². The molecule has 1 aliphatic heterocycles. The molecule has 4 nitrogen and oxygen atoms in total. The lowest BCUT2D eigenvalue weighted by atomic mass is 10.2. The smallest absolute Gasteiger partial charge is 0.150 e. The lowest BCUT2D eigenvalue weighted by molar-refractivity contribution is -0.255. The van der Waals surface area contributed by atoms with Crippen LogP contribution in [0.5, 0.6) is 0 Å². The summed E-state index contributed by atoms with van der Waals surface area (Å²) < 4.78 is 0. The maximum Gasteiger partial charge on any atom is 0.150 e. The fraction of sp³-hybridized carbons (Fsp3) is 0.500. The second kappa shape index (κ2) is 6.16. The number of carbonyl (C=O) groups is 1. The number of carboxylic acid groups (broad SMARTS) is 1. The number of hydrogen-bond acceptors (Lipinski definition) is 4. The van der Waals surface area contributed by atoms with E-state index in [4.69, 9.17) is 34.8 Å². The first-order valence-electron chi connectivity index (χ1n) is 6.03. The van der Waals surface area contributed by atoms with Crippen LogP contribution in [0.1, 0.15) is 36.2 Å². The minimum absolute atomic E-state index is 0.00343. The monoisotopic (exact) mass is 321 g/mol. The van der Waals surface area contributed by atoms with E-state index in [1.807, 2.05) is 4.90 Å². The Labute approximate surface area is 126 Å². The summed E-state index contributed by atoms with van der Waals surface area (Å²) in [5.41, 5.74) is 0.0831. The molecule has 1 fully saturated rings. The predicted octanol–water partition coefficient (Wildman–Crippen LogP) is 2.79.